The molecule has 1 unspecified atom stereocenters. The number of hydrogen-bond donors (Lipinski definition) is 2. The van der Waals surface area contributed by atoms with Crippen LogP contribution >= 0.6 is 0 Å². The van der Waals surface area contributed by atoms with Gasteiger partial charge in [-0.15, -0.1) is 0 Å². The largest absolute Gasteiger partial charge is 0.493 e. The maximum atomic E-state index is 14.1. The summed E-state index contributed by atoms with van der Waals surface area (Å²) in [4.78, 5) is 28.1. The summed E-state index contributed by atoms with van der Waals surface area (Å²) in [6.07, 6.45) is -2.09. The molecular formula is C30H31F3N2O4. The molecule has 0 heterocycles. The van der Waals surface area contributed by atoms with E-state index in [2.05, 4.69) is 10.6 Å². The van der Waals surface area contributed by atoms with Crippen molar-refractivity contribution in [1.82, 2.24) is 10.6 Å². The molecule has 3 aromatic rings. The van der Waals surface area contributed by atoms with Crippen molar-refractivity contribution in [1.29, 1.82) is 0 Å². The Bertz CT molecular complexity index is 1290. The monoisotopic (exact) mass is 540 g/mol. The smallest absolute Gasteiger partial charge is 0.416 e. The molecular weight excluding hydrogens is 509 g/mol. The van der Waals surface area contributed by atoms with E-state index in [9.17, 15) is 22.8 Å². The lowest BCUT2D eigenvalue weighted by Crippen LogP contribution is -2.56. The third-order valence-corrected chi connectivity index (χ3v) is 6.93. The first-order valence-corrected chi connectivity index (χ1v) is 12.7. The molecule has 2 N–H and O–H groups in total. The molecule has 1 saturated carbocycles. The molecule has 206 valence electrons. The van der Waals surface area contributed by atoms with Gasteiger partial charge >= 0.3 is 6.18 Å². The molecule has 0 aromatic heterocycles. The van der Waals surface area contributed by atoms with E-state index in [4.69, 9.17) is 9.47 Å². The maximum absolute atomic E-state index is 14.1. The van der Waals surface area contributed by atoms with Crippen molar-refractivity contribution >= 4 is 11.8 Å². The Kier molecular flexibility index (Phi) is 8.47. The van der Waals surface area contributed by atoms with Crippen LogP contribution in [0.1, 0.15) is 35.1 Å². The van der Waals surface area contributed by atoms with E-state index in [0.29, 0.717) is 40.7 Å². The molecule has 6 nitrogen and oxygen atoms in total. The van der Waals surface area contributed by atoms with Crippen molar-refractivity contribution in [3.8, 4) is 11.5 Å². The second-order valence-corrected chi connectivity index (χ2v) is 9.54. The van der Waals surface area contributed by atoms with Crippen LogP contribution in [0.3, 0.4) is 0 Å². The SMILES string of the molecule is COc1ccc(C(C(=O)NCCc2ccc(C(F)(F)F)cc2)(C(=O)NCC2CC2)c2ccccc2)cc1OC. The Hall–Kier alpha value is -4.01. The second kappa shape index (κ2) is 11.8. The lowest BCUT2D eigenvalue weighted by atomic mass is 9.72. The van der Waals surface area contributed by atoms with Crippen molar-refractivity contribution in [2.24, 2.45) is 5.92 Å². The topological polar surface area (TPSA) is 76.7 Å². The van der Waals surface area contributed by atoms with Crippen LogP contribution in [0.4, 0.5) is 13.2 Å². The first-order valence-electron chi connectivity index (χ1n) is 12.7. The summed E-state index contributed by atoms with van der Waals surface area (Å²) in [7, 11) is 2.97. The molecule has 0 radical (unpaired) electrons. The fraction of sp³-hybridized carbons (Fsp3) is 0.333. The zero-order valence-corrected chi connectivity index (χ0v) is 21.8. The summed E-state index contributed by atoms with van der Waals surface area (Å²) in [5.74, 6) is 0.170. The molecule has 3 aromatic carbocycles. The van der Waals surface area contributed by atoms with Gasteiger partial charge in [-0.05, 0) is 66.1 Å². The summed E-state index contributed by atoms with van der Waals surface area (Å²) >= 11 is 0. The highest BCUT2D eigenvalue weighted by molar-refractivity contribution is 6.14. The number of carbonyl (C=O) groups is 2. The predicted octanol–water partition coefficient (Wildman–Crippen LogP) is 4.89. The zero-order chi connectivity index (χ0) is 28.0. The van der Waals surface area contributed by atoms with Gasteiger partial charge in [-0.3, -0.25) is 9.59 Å². The van der Waals surface area contributed by atoms with E-state index in [1.807, 2.05) is 0 Å². The molecule has 39 heavy (non-hydrogen) atoms. The predicted molar refractivity (Wildman–Crippen MR) is 141 cm³/mol. The van der Waals surface area contributed by atoms with Gasteiger partial charge in [-0.25, -0.2) is 0 Å². The van der Waals surface area contributed by atoms with Gasteiger partial charge in [0.05, 0.1) is 19.8 Å². The van der Waals surface area contributed by atoms with E-state index in [-0.39, 0.29) is 13.0 Å². The molecule has 1 aliphatic rings. The minimum Gasteiger partial charge on any atom is -0.493 e. The average molecular weight is 541 g/mol. The van der Waals surface area contributed by atoms with Crippen LogP contribution in [0, 0.1) is 5.92 Å². The van der Waals surface area contributed by atoms with Gasteiger partial charge < -0.3 is 20.1 Å². The number of hydrogen-bond acceptors (Lipinski definition) is 4. The molecule has 4 rings (SSSR count). The molecule has 1 fully saturated rings. The van der Waals surface area contributed by atoms with Crippen molar-refractivity contribution in [3.05, 3.63) is 95.1 Å². The lowest BCUT2D eigenvalue weighted by Gasteiger charge is -2.33. The number of carbonyl (C=O) groups excluding carboxylic acids is 2. The highest BCUT2D eigenvalue weighted by Crippen LogP contribution is 2.39. The van der Waals surface area contributed by atoms with Gasteiger partial charge in [-0.1, -0.05) is 48.5 Å². The Labute approximate surface area is 225 Å². The highest BCUT2D eigenvalue weighted by Gasteiger charge is 2.49. The van der Waals surface area contributed by atoms with Crippen molar-refractivity contribution in [2.75, 3.05) is 27.3 Å². The summed E-state index contributed by atoms with van der Waals surface area (Å²) in [5, 5.41) is 5.85. The van der Waals surface area contributed by atoms with Gasteiger partial charge in [0.2, 0.25) is 11.8 Å². The van der Waals surface area contributed by atoms with Crippen LogP contribution in [0.2, 0.25) is 0 Å². The molecule has 2 amide bonds. The first kappa shape index (κ1) is 28.0. The highest BCUT2D eigenvalue weighted by atomic mass is 19.4. The second-order valence-electron chi connectivity index (χ2n) is 9.54. The number of ether oxygens (including phenoxy) is 2. The summed E-state index contributed by atoms with van der Waals surface area (Å²) in [6.45, 7) is 0.571. The van der Waals surface area contributed by atoms with Gasteiger partial charge in [-0.2, -0.15) is 13.2 Å². The van der Waals surface area contributed by atoms with E-state index >= 15 is 0 Å². The number of alkyl halides is 3. The lowest BCUT2D eigenvalue weighted by molar-refractivity contribution is -0.138. The van der Waals surface area contributed by atoms with Gasteiger partial charge in [0.25, 0.3) is 0 Å². The molecule has 9 heteroatoms. The number of methoxy groups -OCH3 is 2. The van der Waals surface area contributed by atoms with Crippen LogP contribution in [0.5, 0.6) is 11.5 Å². The molecule has 1 aliphatic carbocycles. The zero-order valence-electron chi connectivity index (χ0n) is 21.8. The molecule has 1 atom stereocenters. The van der Waals surface area contributed by atoms with E-state index in [1.165, 1.54) is 26.4 Å². The van der Waals surface area contributed by atoms with Crippen molar-refractivity contribution in [2.45, 2.75) is 30.9 Å². The van der Waals surface area contributed by atoms with Crippen LogP contribution in [-0.4, -0.2) is 39.1 Å². The van der Waals surface area contributed by atoms with Gasteiger partial charge in [0.15, 0.2) is 16.9 Å². The summed E-state index contributed by atoms with van der Waals surface area (Å²) < 4.78 is 49.6. The van der Waals surface area contributed by atoms with Crippen molar-refractivity contribution < 1.29 is 32.2 Å². The Morgan fingerprint density at radius 3 is 2.00 bits per heavy atom. The van der Waals surface area contributed by atoms with Gasteiger partial charge in [0.1, 0.15) is 0 Å². The maximum Gasteiger partial charge on any atom is 0.416 e. The third kappa shape index (κ3) is 6.19. The molecule has 0 bridgehead atoms. The van der Waals surface area contributed by atoms with Gasteiger partial charge in [0, 0.05) is 13.1 Å². The normalized spacial score (nSPS) is 14.7. The van der Waals surface area contributed by atoms with E-state index in [0.717, 1.165) is 25.0 Å². The molecule has 0 aliphatic heterocycles. The summed E-state index contributed by atoms with van der Waals surface area (Å²) in [5.41, 5.74) is -1.00. The number of nitrogens with one attached hydrogen (secondary N) is 2. The fourth-order valence-electron chi connectivity index (χ4n) is 4.56. The standard InChI is InChI=1S/C30H31F3N2O4/c1-38-25-15-14-24(18-26(25)39-2)29(22-6-4-3-5-7-22,28(37)35-19-21-8-9-21)27(36)34-17-16-20-10-12-23(13-11-20)30(31,32)33/h3-7,10-15,18,21H,8-9,16-17,19H2,1-2H3,(H,34,36)(H,35,37). The Morgan fingerprint density at radius 1 is 0.795 bits per heavy atom. The van der Waals surface area contributed by atoms with E-state index < -0.39 is 29.0 Å². The van der Waals surface area contributed by atoms with Crippen LogP contribution in [-0.2, 0) is 27.6 Å². The van der Waals surface area contributed by atoms with Crippen LogP contribution in [0.25, 0.3) is 0 Å². The first-order chi connectivity index (χ1) is 18.7. The minimum atomic E-state index is -4.42. The average Bonchev–Trinajstić information content (AvgIpc) is 3.77. The quantitative estimate of drug-likeness (QED) is 0.340. The number of rotatable bonds is 11. The van der Waals surface area contributed by atoms with Crippen LogP contribution in [0.15, 0.2) is 72.8 Å². The van der Waals surface area contributed by atoms with Crippen LogP contribution < -0.4 is 20.1 Å². The number of halogens is 3. The minimum absolute atomic E-state index is 0.113. The molecule has 0 saturated heterocycles. The third-order valence-electron chi connectivity index (χ3n) is 6.93. The van der Waals surface area contributed by atoms with Crippen molar-refractivity contribution in [3.63, 3.8) is 0 Å². The summed E-state index contributed by atoms with van der Waals surface area (Å²) in [6, 6.07) is 18.5. The Morgan fingerprint density at radius 2 is 1.41 bits per heavy atom. The van der Waals surface area contributed by atoms with E-state index in [1.54, 1.807) is 48.5 Å². The number of benzene rings is 3. The number of amides is 2. The molecule has 0 spiro atoms. The fourth-order valence-corrected chi connectivity index (χ4v) is 4.56. The Balaban J connectivity index is 1.68.